The SMILES string of the molecule is Cc1cccc(OCC(C)NC(=O)C2(C(=O)NC3CC3)CCC2)c1. The number of aryl methyl sites for hydroxylation is 1. The zero-order valence-corrected chi connectivity index (χ0v) is 14.4. The van der Waals surface area contributed by atoms with Gasteiger partial charge >= 0.3 is 0 Å². The molecule has 1 aromatic carbocycles. The Bertz CT molecular complexity index is 621. The van der Waals surface area contributed by atoms with Gasteiger partial charge in [0.05, 0.1) is 6.04 Å². The summed E-state index contributed by atoms with van der Waals surface area (Å²) in [4.78, 5) is 25.1. The van der Waals surface area contributed by atoms with Crippen LogP contribution >= 0.6 is 0 Å². The fraction of sp³-hybridized carbons (Fsp3) is 0.579. The number of benzene rings is 1. The van der Waals surface area contributed by atoms with Crippen molar-refractivity contribution < 1.29 is 14.3 Å². The first-order valence-corrected chi connectivity index (χ1v) is 8.81. The third-order valence-electron chi connectivity index (χ3n) is 4.86. The van der Waals surface area contributed by atoms with Crippen LogP contribution in [0.3, 0.4) is 0 Å². The topological polar surface area (TPSA) is 67.4 Å². The lowest BCUT2D eigenvalue weighted by atomic mass is 9.67. The lowest BCUT2D eigenvalue weighted by Crippen LogP contribution is -2.57. The van der Waals surface area contributed by atoms with Gasteiger partial charge < -0.3 is 15.4 Å². The first kappa shape index (κ1) is 16.8. The number of ether oxygens (including phenoxy) is 1. The summed E-state index contributed by atoms with van der Waals surface area (Å²) in [7, 11) is 0. The second-order valence-electron chi connectivity index (χ2n) is 7.19. The molecule has 1 atom stereocenters. The quantitative estimate of drug-likeness (QED) is 0.754. The average molecular weight is 330 g/mol. The van der Waals surface area contributed by atoms with Crippen LogP contribution in [0.5, 0.6) is 5.75 Å². The Balaban J connectivity index is 1.51. The number of hydrogen-bond acceptors (Lipinski definition) is 3. The molecular formula is C19H26N2O3. The summed E-state index contributed by atoms with van der Waals surface area (Å²) in [6.45, 7) is 4.30. The summed E-state index contributed by atoms with van der Waals surface area (Å²) in [5.74, 6) is 0.536. The van der Waals surface area contributed by atoms with Crippen LogP contribution in [-0.4, -0.2) is 30.5 Å². The third-order valence-corrected chi connectivity index (χ3v) is 4.86. The number of nitrogens with one attached hydrogen (secondary N) is 2. The molecule has 0 radical (unpaired) electrons. The minimum absolute atomic E-state index is 0.0967. The predicted octanol–water partition coefficient (Wildman–Crippen LogP) is 2.33. The van der Waals surface area contributed by atoms with Gasteiger partial charge in [0.1, 0.15) is 17.8 Å². The van der Waals surface area contributed by atoms with Crippen LogP contribution in [0.1, 0.15) is 44.6 Å². The van der Waals surface area contributed by atoms with Crippen molar-refractivity contribution in [2.24, 2.45) is 5.41 Å². The maximum atomic E-state index is 12.6. The van der Waals surface area contributed by atoms with Crippen molar-refractivity contribution in [1.29, 1.82) is 0 Å². The number of amides is 2. The number of hydrogen-bond donors (Lipinski definition) is 2. The van der Waals surface area contributed by atoms with E-state index in [1.165, 1.54) is 0 Å². The maximum absolute atomic E-state index is 12.6. The number of carbonyl (C=O) groups is 2. The van der Waals surface area contributed by atoms with Crippen molar-refractivity contribution in [1.82, 2.24) is 10.6 Å². The highest BCUT2D eigenvalue weighted by atomic mass is 16.5. The van der Waals surface area contributed by atoms with Gasteiger partial charge in [0.15, 0.2) is 0 Å². The summed E-state index contributed by atoms with van der Waals surface area (Å²) >= 11 is 0. The maximum Gasteiger partial charge on any atom is 0.236 e. The summed E-state index contributed by atoms with van der Waals surface area (Å²) in [5.41, 5.74) is 0.273. The summed E-state index contributed by atoms with van der Waals surface area (Å²) in [6, 6.07) is 7.95. The van der Waals surface area contributed by atoms with E-state index in [4.69, 9.17) is 4.74 Å². The monoisotopic (exact) mass is 330 g/mol. The largest absolute Gasteiger partial charge is 0.491 e. The zero-order chi connectivity index (χ0) is 17.2. The molecule has 24 heavy (non-hydrogen) atoms. The van der Waals surface area contributed by atoms with E-state index < -0.39 is 5.41 Å². The van der Waals surface area contributed by atoms with E-state index in [0.29, 0.717) is 19.4 Å². The molecule has 1 aromatic rings. The van der Waals surface area contributed by atoms with Crippen molar-refractivity contribution in [2.45, 2.75) is 58.0 Å². The van der Waals surface area contributed by atoms with Crippen molar-refractivity contribution in [2.75, 3.05) is 6.61 Å². The molecule has 2 saturated carbocycles. The van der Waals surface area contributed by atoms with Gasteiger partial charge in [-0.3, -0.25) is 9.59 Å². The van der Waals surface area contributed by atoms with Crippen LogP contribution < -0.4 is 15.4 Å². The van der Waals surface area contributed by atoms with Crippen molar-refractivity contribution >= 4 is 11.8 Å². The second-order valence-corrected chi connectivity index (χ2v) is 7.19. The van der Waals surface area contributed by atoms with Crippen LogP contribution in [0.4, 0.5) is 0 Å². The Morgan fingerprint density at radius 1 is 1.29 bits per heavy atom. The van der Waals surface area contributed by atoms with Gasteiger partial charge in [0, 0.05) is 6.04 Å². The Morgan fingerprint density at radius 3 is 2.62 bits per heavy atom. The minimum atomic E-state index is -0.861. The molecule has 0 heterocycles. The molecule has 2 N–H and O–H groups in total. The summed E-state index contributed by atoms with van der Waals surface area (Å²) in [6.07, 6.45) is 4.28. The van der Waals surface area contributed by atoms with Gasteiger partial charge in [0.2, 0.25) is 11.8 Å². The summed E-state index contributed by atoms with van der Waals surface area (Å²) in [5, 5.41) is 5.94. The van der Waals surface area contributed by atoms with E-state index in [-0.39, 0.29) is 23.9 Å². The molecule has 0 bridgehead atoms. The van der Waals surface area contributed by atoms with Crippen molar-refractivity contribution in [3.63, 3.8) is 0 Å². The molecule has 130 valence electrons. The van der Waals surface area contributed by atoms with Crippen LogP contribution in [0.25, 0.3) is 0 Å². The molecule has 2 aliphatic carbocycles. The van der Waals surface area contributed by atoms with Crippen LogP contribution in [0.15, 0.2) is 24.3 Å². The molecule has 2 aliphatic rings. The number of rotatable bonds is 7. The first-order valence-electron chi connectivity index (χ1n) is 8.81. The standard InChI is InChI=1S/C19H26N2O3/c1-13-5-3-6-16(11-13)24-12-14(2)20-17(22)19(9-4-10-19)18(23)21-15-7-8-15/h3,5-6,11,14-15H,4,7-10,12H2,1-2H3,(H,20,22)(H,21,23). The first-order chi connectivity index (χ1) is 11.5. The molecule has 1 unspecified atom stereocenters. The second kappa shape index (κ2) is 6.83. The predicted molar refractivity (Wildman–Crippen MR) is 91.7 cm³/mol. The normalized spacial score (nSPS) is 19.8. The molecule has 0 spiro atoms. The van der Waals surface area contributed by atoms with E-state index in [2.05, 4.69) is 10.6 Å². The lowest BCUT2D eigenvalue weighted by molar-refractivity contribution is -0.150. The van der Waals surface area contributed by atoms with Crippen LogP contribution in [-0.2, 0) is 9.59 Å². The smallest absolute Gasteiger partial charge is 0.236 e. The van der Waals surface area contributed by atoms with E-state index in [1.54, 1.807) is 0 Å². The molecular weight excluding hydrogens is 304 g/mol. The van der Waals surface area contributed by atoms with E-state index >= 15 is 0 Å². The van der Waals surface area contributed by atoms with Gasteiger partial charge in [-0.15, -0.1) is 0 Å². The fourth-order valence-corrected chi connectivity index (χ4v) is 2.97. The molecule has 3 rings (SSSR count). The molecule has 0 saturated heterocycles. The van der Waals surface area contributed by atoms with E-state index in [9.17, 15) is 9.59 Å². The van der Waals surface area contributed by atoms with Gasteiger partial charge in [0.25, 0.3) is 0 Å². The Labute approximate surface area is 143 Å². The Morgan fingerprint density at radius 2 is 2.04 bits per heavy atom. The Hall–Kier alpha value is -2.04. The van der Waals surface area contributed by atoms with Gasteiger partial charge in [-0.25, -0.2) is 0 Å². The molecule has 5 heteroatoms. The third kappa shape index (κ3) is 3.71. The highest BCUT2D eigenvalue weighted by molar-refractivity contribution is 6.06. The highest BCUT2D eigenvalue weighted by Gasteiger charge is 2.51. The molecule has 5 nitrogen and oxygen atoms in total. The van der Waals surface area contributed by atoms with Gasteiger partial charge in [-0.1, -0.05) is 18.6 Å². The van der Waals surface area contributed by atoms with Crippen LogP contribution in [0, 0.1) is 12.3 Å². The van der Waals surface area contributed by atoms with E-state index in [0.717, 1.165) is 30.6 Å². The zero-order valence-electron chi connectivity index (χ0n) is 14.4. The Kier molecular flexibility index (Phi) is 4.78. The fourth-order valence-electron chi connectivity index (χ4n) is 2.97. The molecule has 0 aliphatic heterocycles. The minimum Gasteiger partial charge on any atom is -0.491 e. The molecule has 0 aromatic heterocycles. The molecule has 2 fully saturated rings. The van der Waals surface area contributed by atoms with Gasteiger partial charge in [-0.05, 0) is 57.2 Å². The highest BCUT2D eigenvalue weighted by Crippen LogP contribution is 2.42. The average Bonchev–Trinajstić information content (AvgIpc) is 3.28. The van der Waals surface area contributed by atoms with Crippen molar-refractivity contribution in [3.8, 4) is 5.75 Å². The number of carbonyl (C=O) groups excluding carboxylic acids is 2. The van der Waals surface area contributed by atoms with Crippen LogP contribution in [0.2, 0.25) is 0 Å². The summed E-state index contributed by atoms with van der Waals surface area (Å²) < 4.78 is 5.73. The van der Waals surface area contributed by atoms with Gasteiger partial charge in [-0.2, -0.15) is 0 Å². The van der Waals surface area contributed by atoms with Crippen molar-refractivity contribution in [3.05, 3.63) is 29.8 Å². The van der Waals surface area contributed by atoms with E-state index in [1.807, 2.05) is 38.1 Å². The lowest BCUT2D eigenvalue weighted by Gasteiger charge is -2.39. The molecule has 2 amide bonds.